The van der Waals surface area contributed by atoms with Crippen molar-refractivity contribution >= 4 is 17.7 Å². The summed E-state index contributed by atoms with van der Waals surface area (Å²) in [6.45, 7) is 0.0114. The Labute approximate surface area is 160 Å². The van der Waals surface area contributed by atoms with Crippen LogP contribution in [0, 0.1) is 11.8 Å². The molecule has 0 bridgehead atoms. The van der Waals surface area contributed by atoms with Crippen LogP contribution in [0.3, 0.4) is 0 Å². The van der Waals surface area contributed by atoms with Crippen LogP contribution >= 0.6 is 11.8 Å². The second-order valence-corrected chi connectivity index (χ2v) is 5.98. The maximum Gasteiger partial charge on any atom is 0.339 e. The molecule has 0 aliphatic rings. The number of rotatable bonds is 6. The quantitative estimate of drug-likeness (QED) is 0.366. The molecule has 0 aliphatic heterocycles. The standard InChI is InChI=1S/C19H15N3O4S/c1-24-16-6-4-15(5-7-16)18(23)25-12-2-3-13-27-19-22-21-17(26-19)14-8-10-20-11-9-14/h4-11H,12-13H2,1H3. The Hall–Kier alpha value is -3.31. The molecule has 0 amide bonds. The number of benzene rings is 1. The summed E-state index contributed by atoms with van der Waals surface area (Å²) in [4.78, 5) is 15.8. The second kappa shape index (κ2) is 9.40. The number of aromatic nitrogens is 3. The molecule has 0 radical (unpaired) electrons. The summed E-state index contributed by atoms with van der Waals surface area (Å²) in [5.74, 6) is 6.79. The number of ether oxygens (including phenoxy) is 2. The van der Waals surface area contributed by atoms with Gasteiger partial charge in [0.1, 0.15) is 5.75 Å². The normalized spacial score (nSPS) is 9.96. The largest absolute Gasteiger partial charge is 0.497 e. The molecular weight excluding hydrogens is 366 g/mol. The summed E-state index contributed by atoms with van der Waals surface area (Å²) < 4.78 is 15.7. The SMILES string of the molecule is COc1ccc(C(=O)OCC#CCSc2nnc(-c3ccncc3)o2)cc1. The first-order chi connectivity index (χ1) is 13.3. The Kier molecular flexibility index (Phi) is 6.44. The van der Waals surface area contributed by atoms with Gasteiger partial charge in [-0.05, 0) is 36.4 Å². The van der Waals surface area contributed by atoms with Gasteiger partial charge in [0.05, 0.1) is 18.4 Å². The predicted molar refractivity (Wildman–Crippen MR) is 99.3 cm³/mol. The van der Waals surface area contributed by atoms with Gasteiger partial charge in [-0.25, -0.2) is 4.79 Å². The molecule has 0 aliphatic carbocycles. The van der Waals surface area contributed by atoms with Crippen molar-refractivity contribution in [1.29, 1.82) is 0 Å². The van der Waals surface area contributed by atoms with Gasteiger partial charge < -0.3 is 13.9 Å². The number of esters is 1. The zero-order valence-corrected chi connectivity index (χ0v) is 15.2. The molecule has 27 heavy (non-hydrogen) atoms. The van der Waals surface area contributed by atoms with E-state index in [0.717, 1.165) is 5.56 Å². The zero-order chi connectivity index (χ0) is 18.9. The lowest BCUT2D eigenvalue weighted by atomic mass is 10.2. The maximum atomic E-state index is 11.9. The average Bonchev–Trinajstić information content (AvgIpc) is 3.20. The highest BCUT2D eigenvalue weighted by Gasteiger charge is 2.08. The summed E-state index contributed by atoms with van der Waals surface area (Å²) in [5, 5.41) is 8.36. The lowest BCUT2D eigenvalue weighted by Gasteiger charge is -2.02. The number of methoxy groups -OCH3 is 1. The van der Waals surface area contributed by atoms with Gasteiger partial charge in [-0.15, -0.1) is 10.2 Å². The van der Waals surface area contributed by atoms with Crippen LogP contribution in [-0.4, -0.2) is 40.6 Å². The minimum absolute atomic E-state index is 0.0114. The highest BCUT2D eigenvalue weighted by atomic mass is 32.2. The van der Waals surface area contributed by atoms with Crippen molar-refractivity contribution < 1.29 is 18.7 Å². The van der Waals surface area contributed by atoms with Crippen LogP contribution in [0.25, 0.3) is 11.5 Å². The summed E-state index contributed by atoms with van der Waals surface area (Å²) in [5.41, 5.74) is 1.25. The van der Waals surface area contributed by atoms with Gasteiger partial charge in [-0.3, -0.25) is 4.98 Å². The second-order valence-electron chi connectivity index (χ2n) is 5.06. The number of thioether (sulfide) groups is 1. The van der Waals surface area contributed by atoms with Crippen molar-refractivity contribution in [2.24, 2.45) is 0 Å². The highest BCUT2D eigenvalue weighted by molar-refractivity contribution is 7.99. The summed E-state index contributed by atoms with van der Waals surface area (Å²) in [7, 11) is 1.56. The van der Waals surface area contributed by atoms with Crippen LogP contribution in [-0.2, 0) is 4.74 Å². The van der Waals surface area contributed by atoms with E-state index in [2.05, 4.69) is 27.0 Å². The number of hydrogen-bond donors (Lipinski definition) is 0. The molecule has 7 nitrogen and oxygen atoms in total. The van der Waals surface area contributed by atoms with Gasteiger partial charge in [-0.1, -0.05) is 23.6 Å². The van der Waals surface area contributed by atoms with Gasteiger partial charge in [0.25, 0.3) is 5.22 Å². The Morgan fingerprint density at radius 2 is 1.89 bits per heavy atom. The number of carbonyl (C=O) groups excluding carboxylic acids is 1. The molecule has 1 aromatic carbocycles. The average molecular weight is 381 g/mol. The van der Waals surface area contributed by atoms with Crippen LogP contribution in [0.15, 0.2) is 58.4 Å². The summed E-state index contributed by atoms with van der Waals surface area (Å²) in [6.07, 6.45) is 3.32. The Morgan fingerprint density at radius 3 is 2.63 bits per heavy atom. The van der Waals surface area contributed by atoms with E-state index in [4.69, 9.17) is 13.9 Å². The van der Waals surface area contributed by atoms with Gasteiger partial charge >= 0.3 is 5.97 Å². The number of hydrogen-bond acceptors (Lipinski definition) is 8. The summed E-state index contributed by atoms with van der Waals surface area (Å²) >= 11 is 1.31. The van der Waals surface area contributed by atoms with Crippen molar-refractivity contribution in [2.45, 2.75) is 5.22 Å². The number of nitrogens with zero attached hydrogens (tertiary/aromatic N) is 3. The van der Waals surface area contributed by atoms with Gasteiger partial charge in [-0.2, -0.15) is 0 Å². The molecule has 0 spiro atoms. The van der Waals surface area contributed by atoms with E-state index in [-0.39, 0.29) is 6.61 Å². The summed E-state index contributed by atoms with van der Waals surface area (Å²) in [6, 6.07) is 10.3. The fraction of sp³-hybridized carbons (Fsp3) is 0.158. The van der Waals surface area contributed by atoms with Crippen molar-refractivity contribution in [3.63, 3.8) is 0 Å². The number of carbonyl (C=O) groups is 1. The van der Waals surface area contributed by atoms with E-state index in [1.54, 1.807) is 55.9 Å². The molecule has 0 fully saturated rings. The zero-order valence-electron chi connectivity index (χ0n) is 14.4. The van der Waals surface area contributed by atoms with Crippen molar-refractivity contribution in [1.82, 2.24) is 15.2 Å². The topological polar surface area (TPSA) is 87.3 Å². The third-order valence-electron chi connectivity index (χ3n) is 3.33. The van der Waals surface area contributed by atoms with Crippen molar-refractivity contribution in [2.75, 3.05) is 19.5 Å². The molecule has 136 valence electrons. The Bertz CT molecular complexity index is 946. The lowest BCUT2D eigenvalue weighted by molar-refractivity contribution is 0.0556. The number of pyridine rings is 1. The van der Waals surface area contributed by atoms with Gasteiger partial charge in [0.2, 0.25) is 5.89 Å². The molecule has 8 heteroatoms. The minimum Gasteiger partial charge on any atom is -0.497 e. The van der Waals surface area contributed by atoms with Crippen molar-refractivity contribution in [3.05, 3.63) is 54.4 Å². The predicted octanol–water partition coefficient (Wildman–Crippen LogP) is 3.09. The van der Waals surface area contributed by atoms with Gasteiger partial charge in [0, 0.05) is 18.0 Å². The Balaban J connectivity index is 1.42. The van der Waals surface area contributed by atoms with Crippen molar-refractivity contribution in [3.8, 4) is 29.0 Å². The molecule has 3 aromatic rings. The monoisotopic (exact) mass is 381 g/mol. The minimum atomic E-state index is -0.432. The highest BCUT2D eigenvalue weighted by Crippen LogP contribution is 2.22. The van der Waals surface area contributed by atoms with Gasteiger partial charge in [0.15, 0.2) is 6.61 Å². The first kappa shape index (κ1) is 18.5. The van der Waals surface area contributed by atoms with Crippen LogP contribution in [0.2, 0.25) is 0 Å². The molecule has 2 aromatic heterocycles. The molecule has 2 heterocycles. The van der Waals surface area contributed by atoms with E-state index in [9.17, 15) is 4.79 Å². The smallest absolute Gasteiger partial charge is 0.339 e. The molecule has 3 rings (SSSR count). The third kappa shape index (κ3) is 5.33. The lowest BCUT2D eigenvalue weighted by Crippen LogP contribution is -2.05. The van der Waals surface area contributed by atoms with Crippen LogP contribution in [0.4, 0.5) is 0 Å². The van der Waals surface area contributed by atoms with Crippen LogP contribution in [0.5, 0.6) is 5.75 Å². The molecule has 0 saturated carbocycles. The Morgan fingerprint density at radius 1 is 1.11 bits per heavy atom. The molecule has 0 atom stereocenters. The van der Waals surface area contributed by atoms with E-state index < -0.39 is 5.97 Å². The first-order valence-corrected chi connectivity index (χ1v) is 8.88. The van der Waals surface area contributed by atoms with E-state index in [1.807, 2.05) is 0 Å². The first-order valence-electron chi connectivity index (χ1n) is 7.90. The maximum absolute atomic E-state index is 11.9. The molecule has 0 saturated heterocycles. The van der Waals surface area contributed by atoms with E-state index in [0.29, 0.717) is 28.2 Å². The van der Waals surface area contributed by atoms with Crippen LogP contribution < -0.4 is 4.74 Å². The van der Waals surface area contributed by atoms with E-state index in [1.165, 1.54) is 11.8 Å². The van der Waals surface area contributed by atoms with E-state index >= 15 is 0 Å². The fourth-order valence-corrected chi connectivity index (χ4v) is 2.53. The molecular formula is C19H15N3O4S. The molecule has 0 N–H and O–H groups in total. The fourth-order valence-electron chi connectivity index (χ4n) is 1.99. The van der Waals surface area contributed by atoms with Crippen LogP contribution in [0.1, 0.15) is 10.4 Å². The molecule has 0 unspecified atom stereocenters. The third-order valence-corrected chi connectivity index (χ3v) is 4.03.